The molecule has 0 atom stereocenters. The highest BCUT2D eigenvalue weighted by atomic mass is 32.1. The maximum Gasteiger partial charge on any atom is 0.228 e. The molecule has 178 valence electrons. The molecule has 1 saturated heterocycles. The standard InChI is InChI=1S/C27H31N3O3S/c1-2-33-24-13-7-6-12-23(24)27-28-22(20-34-27)19-26(32)30-17-15-29(16-18-30)25(31)14-8-11-21-9-4-3-5-10-21/h3-7,9-10,12-13,20H,2,8,11,14-19H2,1H3. The number of hydrogen-bond donors (Lipinski definition) is 0. The number of aryl methyl sites for hydroxylation is 1. The minimum Gasteiger partial charge on any atom is -0.493 e. The number of benzene rings is 2. The Balaban J connectivity index is 1.24. The van der Waals surface area contributed by atoms with Gasteiger partial charge in [0.05, 0.1) is 24.3 Å². The second-order valence-electron chi connectivity index (χ2n) is 8.35. The van der Waals surface area contributed by atoms with Crippen molar-refractivity contribution in [2.45, 2.75) is 32.6 Å². The number of nitrogens with zero attached hydrogens (tertiary/aromatic N) is 3. The van der Waals surface area contributed by atoms with Crippen LogP contribution in [0.1, 0.15) is 31.0 Å². The molecule has 0 saturated carbocycles. The topological polar surface area (TPSA) is 62.7 Å². The fourth-order valence-electron chi connectivity index (χ4n) is 4.16. The van der Waals surface area contributed by atoms with Gasteiger partial charge in [0.15, 0.2) is 0 Å². The Kier molecular flexibility index (Phi) is 8.31. The summed E-state index contributed by atoms with van der Waals surface area (Å²) in [6, 6.07) is 18.1. The van der Waals surface area contributed by atoms with Crippen LogP contribution < -0.4 is 4.74 Å². The van der Waals surface area contributed by atoms with E-state index in [4.69, 9.17) is 4.74 Å². The van der Waals surface area contributed by atoms with E-state index in [1.54, 1.807) is 0 Å². The number of thiazole rings is 1. The number of ether oxygens (including phenoxy) is 1. The van der Waals surface area contributed by atoms with Crippen molar-refractivity contribution in [3.05, 3.63) is 71.2 Å². The van der Waals surface area contributed by atoms with E-state index in [9.17, 15) is 9.59 Å². The highest BCUT2D eigenvalue weighted by molar-refractivity contribution is 7.13. The van der Waals surface area contributed by atoms with Gasteiger partial charge < -0.3 is 14.5 Å². The summed E-state index contributed by atoms with van der Waals surface area (Å²) in [7, 11) is 0. The molecule has 2 heterocycles. The molecule has 34 heavy (non-hydrogen) atoms. The van der Waals surface area contributed by atoms with Crippen molar-refractivity contribution < 1.29 is 14.3 Å². The van der Waals surface area contributed by atoms with Gasteiger partial charge in [-0.1, -0.05) is 42.5 Å². The molecule has 0 bridgehead atoms. The zero-order chi connectivity index (χ0) is 23.8. The zero-order valence-corrected chi connectivity index (χ0v) is 20.4. The third-order valence-electron chi connectivity index (χ3n) is 5.99. The number of carbonyl (C=O) groups is 2. The summed E-state index contributed by atoms with van der Waals surface area (Å²) < 4.78 is 5.71. The number of carbonyl (C=O) groups excluding carboxylic acids is 2. The van der Waals surface area contributed by atoms with Crippen LogP contribution in [0.5, 0.6) is 5.75 Å². The van der Waals surface area contributed by atoms with E-state index in [0.29, 0.717) is 39.2 Å². The first-order chi connectivity index (χ1) is 16.6. The Morgan fingerprint density at radius 3 is 2.35 bits per heavy atom. The summed E-state index contributed by atoms with van der Waals surface area (Å²) >= 11 is 1.53. The summed E-state index contributed by atoms with van der Waals surface area (Å²) in [5.41, 5.74) is 2.99. The minimum atomic E-state index is 0.0612. The summed E-state index contributed by atoms with van der Waals surface area (Å²) in [6.07, 6.45) is 2.59. The highest BCUT2D eigenvalue weighted by Gasteiger charge is 2.24. The second-order valence-corrected chi connectivity index (χ2v) is 9.21. The van der Waals surface area contributed by atoms with Gasteiger partial charge in [0.2, 0.25) is 11.8 Å². The number of aromatic nitrogens is 1. The molecule has 0 N–H and O–H groups in total. The van der Waals surface area contributed by atoms with Crippen molar-refractivity contribution in [3.63, 3.8) is 0 Å². The molecule has 0 aliphatic carbocycles. The number of piperazine rings is 1. The average Bonchev–Trinajstić information content (AvgIpc) is 3.33. The first-order valence-corrected chi connectivity index (χ1v) is 12.8. The molecule has 3 aromatic rings. The summed E-state index contributed by atoms with van der Waals surface area (Å²) in [4.78, 5) is 33.8. The van der Waals surface area contributed by atoms with Crippen LogP contribution in [0.4, 0.5) is 0 Å². The van der Waals surface area contributed by atoms with Crippen LogP contribution in [0, 0.1) is 0 Å². The van der Waals surface area contributed by atoms with Crippen LogP contribution in [0.2, 0.25) is 0 Å². The molecule has 0 radical (unpaired) electrons. The minimum absolute atomic E-state index is 0.0612. The molecular weight excluding hydrogens is 446 g/mol. The predicted octanol–water partition coefficient (Wildman–Crippen LogP) is 4.45. The third kappa shape index (κ3) is 6.23. The number of amides is 2. The van der Waals surface area contributed by atoms with Crippen molar-refractivity contribution in [2.24, 2.45) is 0 Å². The van der Waals surface area contributed by atoms with E-state index in [1.165, 1.54) is 16.9 Å². The molecule has 2 amide bonds. The first-order valence-electron chi connectivity index (χ1n) is 11.9. The molecule has 1 aliphatic rings. The van der Waals surface area contributed by atoms with Gasteiger partial charge in [-0.3, -0.25) is 9.59 Å². The van der Waals surface area contributed by atoms with E-state index in [1.807, 2.05) is 64.6 Å². The lowest BCUT2D eigenvalue weighted by Gasteiger charge is -2.34. The van der Waals surface area contributed by atoms with Gasteiger partial charge in [-0.2, -0.15) is 0 Å². The molecule has 0 unspecified atom stereocenters. The maximum atomic E-state index is 12.9. The molecular formula is C27H31N3O3S. The highest BCUT2D eigenvalue weighted by Crippen LogP contribution is 2.32. The van der Waals surface area contributed by atoms with Crippen LogP contribution in [0.25, 0.3) is 10.6 Å². The Bertz CT molecular complexity index is 1090. The van der Waals surface area contributed by atoms with Gasteiger partial charge in [0, 0.05) is 38.0 Å². The van der Waals surface area contributed by atoms with E-state index in [2.05, 4.69) is 17.1 Å². The molecule has 1 aromatic heterocycles. The lowest BCUT2D eigenvalue weighted by molar-refractivity contribution is -0.139. The van der Waals surface area contributed by atoms with Crippen LogP contribution in [0.15, 0.2) is 60.0 Å². The van der Waals surface area contributed by atoms with Crippen molar-refractivity contribution in [2.75, 3.05) is 32.8 Å². The Morgan fingerprint density at radius 1 is 0.941 bits per heavy atom. The summed E-state index contributed by atoms with van der Waals surface area (Å²) in [5, 5.41) is 2.81. The van der Waals surface area contributed by atoms with E-state index >= 15 is 0 Å². The fourth-order valence-corrected chi connectivity index (χ4v) is 5.00. The van der Waals surface area contributed by atoms with Gasteiger partial charge in [-0.25, -0.2) is 4.98 Å². The third-order valence-corrected chi connectivity index (χ3v) is 6.91. The molecule has 4 rings (SSSR count). The van der Waals surface area contributed by atoms with Crippen molar-refractivity contribution >= 4 is 23.2 Å². The molecule has 1 fully saturated rings. The van der Waals surface area contributed by atoms with E-state index in [-0.39, 0.29) is 18.2 Å². The van der Waals surface area contributed by atoms with Crippen LogP contribution >= 0.6 is 11.3 Å². The lowest BCUT2D eigenvalue weighted by Crippen LogP contribution is -2.51. The Hall–Kier alpha value is -3.19. The van der Waals surface area contributed by atoms with E-state index in [0.717, 1.165) is 34.9 Å². The maximum absolute atomic E-state index is 12.9. The van der Waals surface area contributed by atoms with Gasteiger partial charge in [0.25, 0.3) is 0 Å². The molecule has 6 nitrogen and oxygen atoms in total. The molecule has 1 aliphatic heterocycles. The second kappa shape index (κ2) is 11.8. The SMILES string of the molecule is CCOc1ccccc1-c1nc(CC(=O)N2CCN(C(=O)CCCc3ccccc3)CC2)cs1. The quantitative estimate of drug-likeness (QED) is 0.457. The number of rotatable bonds is 9. The normalized spacial score (nSPS) is 13.7. The van der Waals surface area contributed by atoms with Crippen LogP contribution in [-0.4, -0.2) is 59.4 Å². The van der Waals surface area contributed by atoms with Crippen molar-refractivity contribution in [1.29, 1.82) is 0 Å². The Morgan fingerprint density at radius 2 is 1.62 bits per heavy atom. The average molecular weight is 478 g/mol. The smallest absolute Gasteiger partial charge is 0.228 e. The number of para-hydroxylation sites is 1. The molecule has 0 spiro atoms. The monoisotopic (exact) mass is 477 g/mol. The van der Waals surface area contributed by atoms with Gasteiger partial charge in [-0.05, 0) is 37.5 Å². The Labute approximate surface area is 205 Å². The largest absolute Gasteiger partial charge is 0.493 e. The van der Waals surface area contributed by atoms with Gasteiger partial charge in [0.1, 0.15) is 10.8 Å². The van der Waals surface area contributed by atoms with Crippen LogP contribution in [-0.2, 0) is 22.4 Å². The first kappa shape index (κ1) is 24.0. The summed E-state index contributed by atoms with van der Waals surface area (Å²) in [6.45, 7) is 4.90. The van der Waals surface area contributed by atoms with Crippen molar-refractivity contribution in [1.82, 2.24) is 14.8 Å². The number of hydrogen-bond acceptors (Lipinski definition) is 5. The molecule has 7 heteroatoms. The fraction of sp³-hybridized carbons (Fsp3) is 0.370. The van der Waals surface area contributed by atoms with Crippen molar-refractivity contribution in [3.8, 4) is 16.3 Å². The van der Waals surface area contributed by atoms with E-state index < -0.39 is 0 Å². The van der Waals surface area contributed by atoms with Gasteiger partial charge in [-0.15, -0.1) is 11.3 Å². The predicted molar refractivity (Wildman–Crippen MR) is 135 cm³/mol. The summed E-state index contributed by atoms with van der Waals surface area (Å²) in [5.74, 6) is 1.05. The lowest BCUT2D eigenvalue weighted by atomic mass is 10.1. The van der Waals surface area contributed by atoms with Crippen LogP contribution in [0.3, 0.4) is 0 Å². The van der Waals surface area contributed by atoms with Gasteiger partial charge >= 0.3 is 0 Å². The molecule has 2 aromatic carbocycles. The zero-order valence-electron chi connectivity index (χ0n) is 19.6.